The smallest absolute Gasteiger partial charge is 0.414 e. The molecule has 2 aliphatic heterocycles. The molecule has 2 saturated heterocycles. The molecule has 1 aromatic heterocycles. The fourth-order valence-corrected chi connectivity index (χ4v) is 3.97. The van der Waals surface area contributed by atoms with Gasteiger partial charge in [0.15, 0.2) is 0 Å². The highest BCUT2D eigenvalue weighted by atomic mass is 19.1. The van der Waals surface area contributed by atoms with E-state index in [1.54, 1.807) is 30.0 Å². The molecular formula is C23H28FN5O6. The normalized spacial score (nSPS) is 18.4. The zero-order valence-corrected chi connectivity index (χ0v) is 19.7. The van der Waals surface area contributed by atoms with Gasteiger partial charge >= 0.3 is 12.1 Å². The molecular weight excluding hydrogens is 461 g/mol. The molecule has 35 heavy (non-hydrogen) atoms. The van der Waals surface area contributed by atoms with E-state index in [0.717, 1.165) is 0 Å². The molecule has 2 fully saturated rings. The standard InChI is InChI=1S/C23H28FN5O6/c1-15(30)3-5-19-14-28(23(32)34-19)18-4-6-21(20(24)12-18)27-7-8-29(33-10-9-27)22(31)25-13-17-11-16(2)35-26-17/h4,6,11-12,19H,3,5,7-10,13-14H2,1-2H3,(H,25,31)/t19-/m0/s1. The van der Waals surface area contributed by atoms with Crippen molar-refractivity contribution >= 4 is 29.3 Å². The highest BCUT2D eigenvalue weighted by Crippen LogP contribution is 2.29. The number of hydroxylamine groups is 2. The highest BCUT2D eigenvalue weighted by molar-refractivity contribution is 5.90. The van der Waals surface area contributed by atoms with Gasteiger partial charge in [0.2, 0.25) is 0 Å². The summed E-state index contributed by atoms with van der Waals surface area (Å²) in [5.74, 6) is 0.178. The number of ketones is 1. The van der Waals surface area contributed by atoms with Crippen LogP contribution in [0, 0.1) is 12.7 Å². The predicted molar refractivity (Wildman–Crippen MR) is 122 cm³/mol. The Morgan fingerprint density at radius 1 is 1.23 bits per heavy atom. The van der Waals surface area contributed by atoms with Gasteiger partial charge in [-0.2, -0.15) is 0 Å². The van der Waals surface area contributed by atoms with Crippen molar-refractivity contribution in [3.8, 4) is 0 Å². The maximum atomic E-state index is 15.1. The van der Waals surface area contributed by atoms with Gasteiger partial charge in [0.25, 0.3) is 0 Å². The van der Waals surface area contributed by atoms with Crippen LogP contribution in [-0.4, -0.2) is 67.0 Å². The van der Waals surface area contributed by atoms with Crippen LogP contribution in [0.15, 0.2) is 28.8 Å². The first-order valence-electron chi connectivity index (χ1n) is 11.4. The van der Waals surface area contributed by atoms with E-state index in [9.17, 15) is 14.4 Å². The molecule has 0 unspecified atom stereocenters. The second-order valence-corrected chi connectivity index (χ2v) is 8.50. The van der Waals surface area contributed by atoms with Crippen molar-refractivity contribution in [3.63, 3.8) is 0 Å². The summed E-state index contributed by atoms with van der Waals surface area (Å²) in [6.45, 7) is 4.86. The highest BCUT2D eigenvalue weighted by Gasteiger charge is 2.33. The first kappa shape index (κ1) is 24.5. The predicted octanol–water partition coefficient (Wildman–Crippen LogP) is 2.78. The van der Waals surface area contributed by atoms with E-state index in [1.807, 2.05) is 0 Å². The zero-order chi connectivity index (χ0) is 24.9. The third kappa shape index (κ3) is 6.07. The molecule has 0 bridgehead atoms. The van der Waals surface area contributed by atoms with Crippen molar-refractivity contribution in [2.24, 2.45) is 0 Å². The van der Waals surface area contributed by atoms with Gasteiger partial charge in [-0.1, -0.05) is 5.16 Å². The largest absolute Gasteiger partial charge is 0.444 e. The van der Waals surface area contributed by atoms with Gasteiger partial charge in [-0.05, 0) is 38.5 Å². The summed E-state index contributed by atoms with van der Waals surface area (Å²) >= 11 is 0. The molecule has 3 heterocycles. The molecule has 2 aromatic rings. The molecule has 0 spiro atoms. The van der Waals surface area contributed by atoms with Crippen LogP contribution in [0.5, 0.6) is 0 Å². The average molecular weight is 490 g/mol. The molecule has 2 aliphatic rings. The van der Waals surface area contributed by atoms with Crippen molar-refractivity contribution in [3.05, 3.63) is 41.5 Å². The van der Waals surface area contributed by atoms with Crippen LogP contribution in [0.1, 0.15) is 31.2 Å². The number of aryl methyl sites for hydroxylation is 1. The van der Waals surface area contributed by atoms with Gasteiger partial charge in [0.05, 0.1) is 37.6 Å². The van der Waals surface area contributed by atoms with Crippen molar-refractivity contribution in [2.45, 2.75) is 39.3 Å². The summed E-state index contributed by atoms with van der Waals surface area (Å²) in [6.07, 6.45) is -0.196. The number of carbonyl (C=O) groups is 3. The number of nitrogens with zero attached hydrogens (tertiary/aromatic N) is 4. The topological polar surface area (TPSA) is 117 Å². The second kappa shape index (κ2) is 10.7. The molecule has 0 radical (unpaired) electrons. The van der Waals surface area contributed by atoms with E-state index >= 15 is 4.39 Å². The molecule has 11 nitrogen and oxygen atoms in total. The molecule has 4 rings (SSSR count). The quantitative estimate of drug-likeness (QED) is 0.631. The number of hydrogen-bond donors (Lipinski definition) is 1. The van der Waals surface area contributed by atoms with Gasteiger partial charge < -0.3 is 24.3 Å². The maximum absolute atomic E-state index is 15.1. The van der Waals surface area contributed by atoms with E-state index in [2.05, 4.69) is 10.5 Å². The Kier molecular flexibility index (Phi) is 7.49. The van der Waals surface area contributed by atoms with E-state index in [4.69, 9.17) is 14.1 Å². The fourth-order valence-electron chi connectivity index (χ4n) is 3.97. The Hall–Kier alpha value is -3.67. The molecule has 1 atom stereocenters. The Labute approximate surface area is 201 Å². The summed E-state index contributed by atoms with van der Waals surface area (Å²) in [4.78, 5) is 44.6. The molecule has 188 valence electrons. The molecule has 0 saturated carbocycles. The summed E-state index contributed by atoms with van der Waals surface area (Å²) in [7, 11) is 0. The first-order chi connectivity index (χ1) is 16.8. The minimum atomic E-state index is -0.559. The number of anilines is 2. The van der Waals surface area contributed by atoms with Crippen LogP contribution in [0.4, 0.5) is 25.4 Å². The summed E-state index contributed by atoms with van der Waals surface area (Å²) in [6, 6.07) is 5.86. The third-order valence-corrected chi connectivity index (χ3v) is 5.78. The maximum Gasteiger partial charge on any atom is 0.414 e. The monoisotopic (exact) mass is 489 g/mol. The Bertz CT molecular complexity index is 1090. The number of aromatic nitrogens is 1. The van der Waals surface area contributed by atoms with Gasteiger partial charge in [-0.3, -0.25) is 9.74 Å². The lowest BCUT2D eigenvalue weighted by Crippen LogP contribution is -2.41. The number of cyclic esters (lactones) is 1. The SMILES string of the molecule is CC(=O)CC[C@H]1CN(c2ccc(N3CCON(C(=O)NCc4cc(C)on4)CC3)c(F)c2)C(=O)O1. The van der Waals surface area contributed by atoms with Crippen LogP contribution in [-0.2, 0) is 20.9 Å². The summed E-state index contributed by atoms with van der Waals surface area (Å²) in [5, 5.41) is 7.75. The lowest BCUT2D eigenvalue weighted by Gasteiger charge is -2.24. The lowest BCUT2D eigenvalue weighted by molar-refractivity contribution is -0.117. The van der Waals surface area contributed by atoms with Crippen molar-refractivity contribution in [2.75, 3.05) is 42.6 Å². The van der Waals surface area contributed by atoms with Gasteiger partial charge in [-0.15, -0.1) is 0 Å². The number of hydrogen-bond acceptors (Lipinski definition) is 8. The average Bonchev–Trinajstić information content (AvgIpc) is 3.32. The van der Waals surface area contributed by atoms with Gasteiger partial charge in [0.1, 0.15) is 29.2 Å². The number of amides is 3. The Morgan fingerprint density at radius 3 is 2.77 bits per heavy atom. The first-order valence-corrected chi connectivity index (χ1v) is 11.4. The van der Waals surface area contributed by atoms with E-state index < -0.39 is 24.0 Å². The Morgan fingerprint density at radius 2 is 2.06 bits per heavy atom. The van der Waals surface area contributed by atoms with Crippen molar-refractivity contribution in [1.29, 1.82) is 0 Å². The fraction of sp³-hybridized carbons (Fsp3) is 0.478. The number of nitrogens with one attached hydrogen (secondary N) is 1. The molecule has 1 aromatic carbocycles. The van der Waals surface area contributed by atoms with Crippen LogP contribution in [0.2, 0.25) is 0 Å². The number of rotatable bonds is 7. The van der Waals surface area contributed by atoms with Crippen LogP contribution < -0.4 is 15.1 Å². The van der Waals surface area contributed by atoms with Crippen molar-refractivity contribution in [1.82, 2.24) is 15.5 Å². The molecule has 12 heteroatoms. The zero-order valence-electron chi connectivity index (χ0n) is 19.7. The third-order valence-electron chi connectivity index (χ3n) is 5.78. The van der Waals surface area contributed by atoms with Crippen LogP contribution in [0.25, 0.3) is 0 Å². The van der Waals surface area contributed by atoms with Crippen LogP contribution >= 0.6 is 0 Å². The molecule has 0 aliphatic carbocycles. The minimum absolute atomic E-state index is 0.0254. The minimum Gasteiger partial charge on any atom is -0.444 e. The lowest BCUT2D eigenvalue weighted by atomic mass is 10.1. The number of urea groups is 1. The second-order valence-electron chi connectivity index (χ2n) is 8.50. The number of carbonyl (C=O) groups excluding carboxylic acids is 3. The van der Waals surface area contributed by atoms with Gasteiger partial charge in [0, 0.05) is 25.6 Å². The number of halogens is 1. The van der Waals surface area contributed by atoms with Crippen LogP contribution in [0.3, 0.4) is 0 Å². The van der Waals surface area contributed by atoms with Gasteiger partial charge in [-0.25, -0.2) is 19.0 Å². The molecule has 3 amide bonds. The molecule has 1 N–H and O–H groups in total. The summed E-state index contributed by atoms with van der Waals surface area (Å²) < 4.78 is 25.3. The van der Waals surface area contributed by atoms with E-state index in [-0.39, 0.29) is 32.0 Å². The number of ether oxygens (including phenoxy) is 1. The summed E-state index contributed by atoms with van der Waals surface area (Å²) in [5.41, 5.74) is 1.33. The van der Waals surface area contributed by atoms with E-state index in [0.29, 0.717) is 48.8 Å². The Balaban J connectivity index is 1.33. The number of Topliss-reactive ketones (excluding diaryl/α,β-unsaturated/α-hetero) is 1. The number of benzene rings is 1. The van der Waals surface area contributed by atoms with E-state index in [1.165, 1.54) is 23.0 Å². The van der Waals surface area contributed by atoms with Crippen molar-refractivity contribution < 1.29 is 32.9 Å².